The first-order chi connectivity index (χ1) is 13.8. The predicted molar refractivity (Wildman–Crippen MR) is 117 cm³/mol. The molecule has 1 N–H and O–H groups in total. The zero-order valence-corrected chi connectivity index (χ0v) is 19.2. The highest BCUT2D eigenvalue weighted by Crippen LogP contribution is 2.62. The second-order valence-electron chi connectivity index (χ2n) is 10.2. The highest BCUT2D eigenvalue weighted by Gasteiger charge is 2.59. The van der Waals surface area contributed by atoms with E-state index in [2.05, 4.69) is 26.1 Å². The van der Waals surface area contributed by atoms with Crippen LogP contribution in [0.4, 0.5) is 4.39 Å². The largest absolute Gasteiger partial charge is 0.348 e. The number of nitrogens with one attached hydrogen (secondary N) is 1. The molecule has 7 heteroatoms. The maximum atomic E-state index is 14.7. The number of sulfone groups is 1. The number of amides is 1. The van der Waals surface area contributed by atoms with E-state index in [-0.39, 0.29) is 35.1 Å². The number of carbonyl (C=O) groups excluding carboxylic acids is 1. The van der Waals surface area contributed by atoms with Gasteiger partial charge in [0, 0.05) is 29.9 Å². The summed E-state index contributed by atoms with van der Waals surface area (Å²) >= 11 is 0. The fraction of sp³-hybridized carbons (Fsp3) is 0.609. The topological polar surface area (TPSA) is 68.2 Å². The summed E-state index contributed by atoms with van der Waals surface area (Å²) in [6.07, 6.45) is 4.59. The molecule has 2 aromatic rings. The molecule has 2 bridgehead atoms. The van der Waals surface area contributed by atoms with Crippen LogP contribution in [0, 0.1) is 29.5 Å². The molecule has 1 amide bonds. The van der Waals surface area contributed by atoms with Crippen molar-refractivity contribution in [2.75, 3.05) is 12.0 Å². The third kappa shape index (κ3) is 3.26. The molecule has 4 rings (SSSR count). The minimum Gasteiger partial charge on any atom is -0.348 e. The molecule has 2 aliphatic rings. The normalized spacial score (nSPS) is 27.7. The number of hydrogen-bond donors (Lipinski definition) is 1. The van der Waals surface area contributed by atoms with Crippen LogP contribution in [0.3, 0.4) is 0 Å². The number of aromatic nitrogens is 1. The lowest BCUT2D eigenvalue weighted by Crippen LogP contribution is -2.52. The molecular weight excluding hydrogens is 403 g/mol. The van der Waals surface area contributed by atoms with Gasteiger partial charge in [-0.05, 0) is 49.0 Å². The van der Waals surface area contributed by atoms with Gasteiger partial charge in [-0.2, -0.15) is 0 Å². The van der Waals surface area contributed by atoms with Crippen LogP contribution in [0.25, 0.3) is 10.9 Å². The third-order valence-electron chi connectivity index (χ3n) is 7.75. The lowest BCUT2D eigenvalue weighted by atomic mass is 9.68. The quantitative estimate of drug-likeness (QED) is 0.771. The molecule has 0 aliphatic heterocycles. The van der Waals surface area contributed by atoms with Crippen molar-refractivity contribution >= 4 is 26.6 Å². The first-order valence-electron chi connectivity index (χ1n) is 10.6. The summed E-state index contributed by atoms with van der Waals surface area (Å²) in [4.78, 5) is 13.5. The van der Waals surface area contributed by atoms with Crippen LogP contribution in [-0.4, -0.2) is 36.9 Å². The Morgan fingerprint density at radius 2 is 2.00 bits per heavy atom. The highest BCUT2D eigenvalue weighted by molar-refractivity contribution is 7.90. The van der Waals surface area contributed by atoms with Crippen molar-refractivity contribution in [1.29, 1.82) is 0 Å². The summed E-state index contributed by atoms with van der Waals surface area (Å²) in [7, 11) is -3.22. The molecule has 30 heavy (non-hydrogen) atoms. The summed E-state index contributed by atoms with van der Waals surface area (Å²) in [6, 6.07) is 4.74. The number of nitrogens with zero attached hydrogens (tertiary/aromatic N) is 1. The third-order valence-corrected chi connectivity index (χ3v) is 8.67. The molecule has 2 aliphatic carbocycles. The van der Waals surface area contributed by atoms with Crippen molar-refractivity contribution in [3.63, 3.8) is 0 Å². The Morgan fingerprint density at radius 1 is 1.30 bits per heavy atom. The highest BCUT2D eigenvalue weighted by atomic mass is 32.2. The number of halogens is 1. The zero-order valence-electron chi connectivity index (χ0n) is 18.4. The molecule has 1 aromatic heterocycles. The lowest BCUT2D eigenvalue weighted by molar-refractivity contribution is 0.0738. The molecule has 0 saturated heterocycles. The fourth-order valence-electron chi connectivity index (χ4n) is 6.18. The lowest BCUT2D eigenvalue weighted by Gasteiger charge is -2.43. The molecule has 2 fully saturated rings. The number of carbonyl (C=O) groups is 1. The van der Waals surface area contributed by atoms with Crippen LogP contribution in [0.2, 0.25) is 0 Å². The number of benzene rings is 1. The van der Waals surface area contributed by atoms with Gasteiger partial charge in [0.15, 0.2) is 0 Å². The van der Waals surface area contributed by atoms with E-state index in [4.69, 9.17) is 0 Å². The first kappa shape index (κ1) is 21.3. The fourth-order valence-corrected chi connectivity index (χ4v) is 6.69. The summed E-state index contributed by atoms with van der Waals surface area (Å²) in [5.41, 5.74) is 1.43. The molecule has 0 radical (unpaired) electrons. The minimum atomic E-state index is -3.22. The van der Waals surface area contributed by atoms with Gasteiger partial charge in [-0.25, -0.2) is 12.8 Å². The van der Waals surface area contributed by atoms with Crippen LogP contribution >= 0.6 is 0 Å². The van der Waals surface area contributed by atoms with Gasteiger partial charge in [-0.3, -0.25) is 4.79 Å². The summed E-state index contributed by atoms with van der Waals surface area (Å²) in [5.74, 6) is -0.159. The van der Waals surface area contributed by atoms with E-state index in [0.717, 1.165) is 19.1 Å². The van der Waals surface area contributed by atoms with Crippen LogP contribution in [-0.2, 0) is 16.4 Å². The van der Waals surface area contributed by atoms with Gasteiger partial charge in [0.2, 0.25) is 0 Å². The second-order valence-corrected chi connectivity index (χ2v) is 12.5. The number of rotatable bonds is 5. The minimum absolute atomic E-state index is 0.0104. The zero-order chi connectivity index (χ0) is 22.1. The summed E-state index contributed by atoms with van der Waals surface area (Å²) in [5, 5.41) is 3.83. The smallest absolute Gasteiger partial charge is 0.253 e. The Balaban J connectivity index is 1.75. The summed E-state index contributed by atoms with van der Waals surface area (Å²) < 4.78 is 39.8. The van der Waals surface area contributed by atoms with E-state index < -0.39 is 15.7 Å². The Morgan fingerprint density at radius 3 is 2.60 bits per heavy atom. The molecule has 2 saturated carbocycles. The number of fused-ring (bicyclic) bond motifs is 3. The van der Waals surface area contributed by atoms with Crippen molar-refractivity contribution in [3.8, 4) is 0 Å². The molecule has 1 heterocycles. The summed E-state index contributed by atoms with van der Waals surface area (Å²) in [6.45, 7) is 8.60. The van der Waals surface area contributed by atoms with Crippen LogP contribution in [0.5, 0.6) is 0 Å². The maximum absolute atomic E-state index is 14.7. The van der Waals surface area contributed by atoms with E-state index >= 15 is 0 Å². The van der Waals surface area contributed by atoms with E-state index in [9.17, 15) is 17.6 Å². The van der Waals surface area contributed by atoms with Gasteiger partial charge in [0.25, 0.3) is 5.91 Å². The van der Waals surface area contributed by atoms with Crippen molar-refractivity contribution in [1.82, 2.24) is 9.88 Å². The molecule has 0 spiro atoms. The maximum Gasteiger partial charge on any atom is 0.253 e. The average molecular weight is 435 g/mol. The van der Waals surface area contributed by atoms with Gasteiger partial charge in [0.05, 0.1) is 16.8 Å². The van der Waals surface area contributed by atoms with Gasteiger partial charge < -0.3 is 9.88 Å². The molecule has 164 valence electrons. The monoisotopic (exact) mass is 434 g/mol. The molecular formula is C23H31FN2O3S. The van der Waals surface area contributed by atoms with Crippen molar-refractivity contribution in [2.24, 2.45) is 16.7 Å². The van der Waals surface area contributed by atoms with Gasteiger partial charge >= 0.3 is 0 Å². The van der Waals surface area contributed by atoms with Crippen LogP contribution < -0.4 is 5.32 Å². The predicted octanol–water partition coefficient (Wildman–Crippen LogP) is 4.08. The SMILES string of the molecule is Cc1c(C(=O)NC2C3(C)CCC(C3)C2(C)C)c2cccc(F)c2n1CCS(C)(=O)=O. The molecule has 3 unspecified atom stereocenters. The molecule has 3 atom stereocenters. The van der Waals surface area contributed by atoms with Crippen molar-refractivity contribution in [2.45, 2.75) is 59.5 Å². The number of hydrogen-bond acceptors (Lipinski definition) is 3. The number of para-hydroxylation sites is 1. The Hall–Kier alpha value is -1.89. The van der Waals surface area contributed by atoms with Gasteiger partial charge in [0.1, 0.15) is 15.7 Å². The van der Waals surface area contributed by atoms with E-state index in [1.54, 1.807) is 23.6 Å². The molecule has 5 nitrogen and oxygen atoms in total. The van der Waals surface area contributed by atoms with Gasteiger partial charge in [-0.15, -0.1) is 0 Å². The van der Waals surface area contributed by atoms with Crippen molar-refractivity contribution in [3.05, 3.63) is 35.3 Å². The number of aryl methyl sites for hydroxylation is 1. The van der Waals surface area contributed by atoms with Crippen LogP contribution in [0.1, 0.15) is 56.1 Å². The van der Waals surface area contributed by atoms with E-state index in [1.807, 2.05) is 0 Å². The van der Waals surface area contributed by atoms with E-state index in [0.29, 0.717) is 28.1 Å². The average Bonchev–Trinajstić information content (AvgIpc) is 3.21. The molecule has 1 aromatic carbocycles. The second kappa shape index (κ2) is 6.81. The Labute approximate surface area is 177 Å². The van der Waals surface area contributed by atoms with Crippen LogP contribution in [0.15, 0.2) is 18.2 Å². The first-order valence-corrected chi connectivity index (χ1v) is 12.7. The Bertz CT molecular complexity index is 1130. The standard InChI is InChI=1S/C23H31FN2O3S/c1-14-18(20(27)25-21-22(2,3)15-9-10-23(21,4)13-15)16-7-6-8-17(24)19(16)26(14)11-12-30(5,28)29/h6-8,15,21H,9-13H2,1-5H3,(H,25,27). The van der Waals surface area contributed by atoms with E-state index in [1.165, 1.54) is 12.5 Å². The van der Waals surface area contributed by atoms with Crippen molar-refractivity contribution < 1.29 is 17.6 Å². The Kier molecular flexibility index (Phi) is 4.84. The van der Waals surface area contributed by atoms with Gasteiger partial charge in [-0.1, -0.05) is 32.9 Å².